The van der Waals surface area contributed by atoms with E-state index in [2.05, 4.69) is 20.9 Å². The van der Waals surface area contributed by atoms with Gasteiger partial charge in [-0.15, -0.1) is 5.10 Å². The summed E-state index contributed by atoms with van der Waals surface area (Å²) in [5, 5.41) is 14.3. The molecule has 0 aliphatic carbocycles. The van der Waals surface area contributed by atoms with Gasteiger partial charge < -0.3 is 15.4 Å². The highest BCUT2D eigenvalue weighted by atomic mass is 16.5. The van der Waals surface area contributed by atoms with Gasteiger partial charge in [-0.1, -0.05) is 17.3 Å². The molecule has 2 aromatic rings. The minimum atomic E-state index is -0.222. The summed E-state index contributed by atoms with van der Waals surface area (Å²) in [6.07, 6.45) is 3.61. The molecule has 25 heavy (non-hydrogen) atoms. The van der Waals surface area contributed by atoms with Gasteiger partial charge in [0.2, 0.25) is 0 Å². The van der Waals surface area contributed by atoms with Crippen LogP contribution in [0.1, 0.15) is 41.9 Å². The number of benzene rings is 1. The minimum absolute atomic E-state index is 0.134. The molecule has 0 bridgehead atoms. The average molecular weight is 343 g/mol. The van der Waals surface area contributed by atoms with Crippen LogP contribution in [-0.4, -0.2) is 46.6 Å². The molecule has 1 saturated heterocycles. The molecule has 7 nitrogen and oxygen atoms in total. The molecule has 1 amide bonds. The molecule has 1 aromatic carbocycles. The molecule has 2 heterocycles. The Morgan fingerprint density at radius 1 is 1.44 bits per heavy atom. The van der Waals surface area contributed by atoms with Crippen LogP contribution in [0.25, 0.3) is 0 Å². The third kappa shape index (κ3) is 4.79. The lowest BCUT2D eigenvalue weighted by Gasteiger charge is -2.22. The summed E-state index contributed by atoms with van der Waals surface area (Å²) in [6.45, 7) is 6.30. The molecule has 1 aliphatic rings. The Hall–Kier alpha value is -2.41. The van der Waals surface area contributed by atoms with Gasteiger partial charge in [0, 0.05) is 0 Å². The molecule has 1 atom stereocenters. The number of rotatable bonds is 6. The molecule has 0 saturated carbocycles. The molecule has 0 spiro atoms. The lowest BCUT2D eigenvalue weighted by atomic mass is 10.1. The lowest BCUT2D eigenvalue weighted by Crippen LogP contribution is -2.33. The van der Waals surface area contributed by atoms with Gasteiger partial charge in [-0.05, 0) is 57.5 Å². The number of amides is 1. The summed E-state index contributed by atoms with van der Waals surface area (Å²) >= 11 is 0. The number of carbonyl (C=O) groups excluding carboxylic acids is 1. The monoisotopic (exact) mass is 343 g/mol. The summed E-state index contributed by atoms with van der Waals surface area (Å²) in [6, 6.07) is 8.18. The van der Waals surface area contributed by atoms with E-state index in [0.29, 0.717) is 18.3 Å². The number of piperidine rings is 1. The zero-order chi connectivity index (χ0) is 17.6. The Balaban J connectivity index is 1.49. The topological polar surface area (TPSA) is 81.1 Å². The predicted octanol–water partition coefficient (Wildman–Crippen LogP) is 1.71. The van der Waals surface area contributed by atoms with Crippen molar-refractivity contribution in [1.82, 2.24) is 25.6 Å². The van der Waals surface area contributed by atoms with Crippen molar-refractivity contribution in [2.24, 2.45) is 0 Å². The van der Waals surface area contributed by atoms with Crippen molar-refractivity contribution in [3.63, 3.8) is 0 Å². The van der Waals surface area contributed by atoms with Crippen LogP contribution >= 0.6 is 0 Å². The Labute approximate surface area is 147 Å². The number of hydrogen-bond acceptors (Lipinski definition) is 5. The first-order chi connectivity index (χ1) is 12.1. The van der Waals surface area contributed by atoms with Crippen LogP contribution in [0.3, 0.4) is 0 Å². The van der Waals surface area contributed by atoms with Gasteiger partial charge in [0.1, 0.15) is 11.9 Å². The van der Waals surface area contributed by atoms with E-state index < -0.39 is 0 Å². The second kappa shape index (κ2) is 8.11. The summed E-state index contributed by atoms with van der Waals surface area (Å²) in [4.78, 5) is 12.3. The highest BCUT2D eigenvalue weighted by Gasteiger charge is 2.19. The van der Waals surface area contributed by atoms with Crippen molar-refractivity contribution in [3.8, 4) is 5.75 Å². The predicted molar refractivity (Wildman–Crippen MR) is 94.8 cm³/mol. The van der Waals surface area contributed by atoms with Gasteiger partial charge in [-0.2, -0.15) is 0 Å². The van der Waals surface area contributed by atoms with Crippen LogP contribution in [0.4, 0.5) is 0 Å². The van der Waals surface area contributed by atoms with Crippen molar-refractivity contribution < 1.29 is 9.53 Å². The van der Waals surface area contributed by atoms with Gasteiger partial charge in [-0.3, -0.25) is 4.79 Å². The fraction of sp³-hybridized carbons (Fsp3) is 0.500. The summed E-state index contributed by atoms with van der Waals surface area (Å²) < 4.78 is 7.63. The third-order valence-electron chi connectivity index (χ3n) is 4.30. The number of ether oxygens (including phenoxy) is 1. The summed E-state index contributed by atoms with van der Waals surface area (Å²) in [5.41, 5.74) is 1.49. The first-order valence-electron chi connectivity index (χ1n) is 8.76. The molecular formula is C18H25N5O2. The molecule has 1 fully saturated rings. The SMILES string of the molecule is Cc1cccc(OC(C)CNC(=O)c2cn(C3CCNCC3)nn2)c1. The van der Waals surface area contributed by atoms with Crippen LogP contribution in [0.2, 0.25) is 0 Å². The van der Waals surface area contributed by atoms with E-state index >= 15 is 0 Å². The van der Waals surface area contributed by atoms with Crippen molar-refractivity contribution in [2.45, 2.75) is 38.8 Å². The van der Waals surface area contributed by atoms with Crippen molar-refractivity contribution >= 4 is 5.91 Å². The molecule has 1 unspecified atom stereocenters. The highest BCUT2D eigenvalue weighted by Crippen LogP contribution is 2.17. The molecule has 134 valence electrons. The fourth-order valence-electron chi connectivity index (χ4n) is 2.92. The average Bonchev–Trinajstić information content (AvgIpc) is 3.11. The van der Waals surface area contributed by atoms with Crippen LogP contribution in [0.15, 0.2) is 30.5 Å². The second-order valence-electron chi connectivity index (χ2n) is 6.52. The number of nitrogens with zero attached hydrogens (tertiary/aromatic N) is 3. The minimum Gasteiger partial charge on any atom is -0.489 e. The van der Waals surface area contributed by atoms with E-state index in [0.717, 1.165) is 37.2 Å². The van der Waals surface area contributed by atoms with E-state index in [1.54, 1.807) is 6.20 Å². The fourth-order valence-corrected chi connectivity index (χ4v) is 2.92. The number of hydrogen-bond donors (Lipinski definition) is 2. The van der Waals surface area contributed by atoms with Gasteiger partial charge >= 0.3 is 0 Å². The standard InChI is InChI=1S/C18H25N5O2/c1-13-4-3-5-16(10-13)25-14(2)11-20-18(24)17-12-23(22-21-17)15-6-8-19-9-7-15/h3-5,10,12,14-15,19H,6-9,11H2,1-2H3,(H,20,24). The van der Waals surface area contributed by atoms with E-state index in [1.807, 2.05) is 42.8 Å². The van der Waals surface area contributed by atoms with Gasteiger partial charge in [-0.25, -0.2) is 4.68 Å². The molecule has 1 aliphatic heterocycles. The Morgan fingerprint density at radius 3 is 3.00 bits per heavy atom. The van der Waals surface area contributed by atoms with E-state index in [9.17, 15) is 4.79 Å². The molecule has 7 heteroatoms. The number of carbonyl (C=O) groups is 1. The van der Waals surface area contributed by atoms with Crippen LogP contribution in [-0.2, 0) is 0 Å². The first kappa shape index (κ1) is 17.4. The van der Waals surface area contributed by atoms with Crippen LogP contribution < -0.4 is 15.4 Å². The van der Waals surface area contributed by atoms with E-state index in [1.165, 1.54) is 0 Å². The largest absolute Gasteiger partial charge is 0.489 e. The van der Waals surface area contributed by atoms with Gasteiger partial charge in [0.15, 0.2) is 5.69 Å². The Kier molecular flexibility index (Phi) is 5.65. The zero-order valence-corrected chi connectivity index (χ0v) is 14.7. The highest BCUT2D eigenvalue weighted by molar-refractivity contribution is 5.91. The van der Waals surface area contributed by atoms with Gasteiger partial charge in [0.05, 0.1) is 18.8 Å². The Morgan fingerprint density at radius 2 is 2.24 bits per heavy atom. The Bertz CT molecular complexity index is 709. The molecule has 0 radical (unpaired) electrons. The lowest BCUT2D eigenvalue weighted by molar-refractivity contribution is 0.0927. The van der Waals surface area contributed by atoms with Crippen molar-refractivity contribution in [2.75, 3.05) is 19.6 Å². The maximum absolute atomic E-state index is 12.3. The molecule has 1 aromatic heterocycles. The van der Waals surface area contributed by atoms with Gasteiger partial charge in [0.25, 0.3) is 5.91 Å². The summed E-state index contributed by atoms with van der Waals surface area (Å²) in [7, 11) is 0. The quantitative estimate of drug-likeness (QED) is 0.834. The van der Waals surface area contributed by atoms with E-state index in [4.69, 9.17) is 4.74 Å². The maximum atomic E-state index is 12.3. The van der Waals surface area contributed by atoms with Crippen molar-refractivity contribution in [3.05, 3.63) is 41.7 Å². The zero-order valence-electron chi connectivity index (χ0n) is 14.7. The first-order valence-corrected chi connectivity index (χ1v) is 8.76. The molecule has 3 rings (SSSR count). The summed E-state index contributed by atoms with van der Waals surface area (Å²) in [5.74, 6) is 0.582. The van der Waals surface area contributed by atoms with Crippen molar-refractivity contribution in [1.29, 1.82) is 0 Å². The smallest absolute Gasteiger partial charge is 0.273 e. The third-order valence-corrected chi connectivity index (χ3v) is 4.30. The number of aryl methyl sites for hydroxylation is 1. The number of nitrogens with one attached hydrogen (secondary N) is 2. The molecule has 2 N–H and O–H groups in total. The van der Waals surface area contributed by atoms with Crippen LogP contribution in [0, 0.1) is 6.92 Å². The normalized spacial score (nSPS) is 16.4. The van der Waals surface area contributed by atoms with Crippen LogP contribution in [0.5, 0.6) is 5.75 Å². The van der Waals surface area contributed by atoms with E-state index in [-0.39, 0.29) is 12.0 Å². The maximum Gasteiger partial charge on any atom is 0.273 e. The number of aromatic nitrogens is 3. The molecular weight excluding hydrogens is 318 g/mol. The second-order valence-corrected chi connectivity index (χ2v) is 6.52.